The van der Waals surface area contributed by atoms with Gasteiger partial charge in [-0.15, -0.1) is 0 Å². The van der Waals surface area contributed by atoms with Gasteiger partial charge in [0.25, 0.3) is 0 Å². The zero-order valence-electron chi connectivity index (χ0n) is 11.1. The molecule has 0 spiro atoms. The van der Waals surface area contributed by atoms with Gasteiger partial charge in [0.15, 0.2) is 0 Å². The topological polar surface area (TPSA) is 81.4 Å². The molecular formula is C13H24N2O3. The van der Waals surface area contributed by atoms with Crippen LogP contribution >= 0.6 is 0 Å². The SMILES string of the molecule is CCC(NCCCC(=O)OC1CCCC1)C(N)=O. The summed E-state index contributed by atoms with van der Waals surface area (Å²) in [6.07, 6.45) is 6.22. The van der Waals surface area contributed by atoms with Crippen LogP contribution in [0.15, 0.2) is 0 Å². The van der Waals surface area contributed by atoms with Gasteiger partial charge in [-0.25, -0.2) is 0 Å². The molecule has 1 aliphatic rings. The molecule has 1 fully saturated rings. The summed E-state index contributed by atoms with van der Waals surface area (Å²) >= 11 is 0. The van der Waals surface area contributed by atoms with E-state index in [2.05, 4.69) is 5.32 Å². The van der Waals surface area contributed by atoms with Gasteiger partial charge in [-0.2, -0.15) is 0 Å². The molecule has 1 rings (SSSR count). The van der Waals surface area contributed by atoms with Crippen molar-refractivity contribution >= 4 is 11.9 Å². The van der Waals surface area contributed by atoms with Crippen LogP contribution in [0.2, 0.25) is 0 Å². The van der Waals surface area contributed by atoms with E-state index in [0.29, 0.717) is 25.8 Å². The van der Waals surface area contributed by atoms with Crippen molar-refractivity contribution in [3.05, 3.63) is 0 Å². The molecule has 5 heteroatoms. The number of nitrogens with one attached hydrogen (secondary N) is 1. The van der Waals surface area contributed by atoms with E-state index < -0.39 is 0 Å². The number of nitrogens with two attached hydrogens (primary N) is 1. The number of hydrogen-bond donors (Lipinski definition) is 2. The summed E-state index contributed by atoms with van der Waals surface area (Å²) in [5, 5.41) is 3.04. The first-order valence-corrected chi connectivity index (χ1v) is 6.85. The fraction of sp³-hybridized carbons (Fsp3) is 0.846. The van der Waals surface area contributed by atoms with Gasteiger partial charge < -0.3 is 15.8 Å². The van der Waals surface area contributed by atoms with Crippen molar-refractivity contribution in [2.75, 3.05) is 6.54 Å². The highest BCUT2D eigenvalue weighted by molar-refractivity contribution is 5.79. The van der Waals surface area contributed by atoms with Crippen molar-refractivity contribution in [1.82, 2.24) is 5.32 Å². The van der Waals surface area contributed by atoms with Crippen LogP contribution in [0.25, 0.3) is 0 Å². The van der Waals surface area contributed by atoms with Crippen LogP contribution in [-0.2, 0) is 14.3 Å². The molecule has 3 N–H and O–H groups in total. The molecule has 0 heterocycles. The Labute approximate surface area is 108 Å². The van der Waals surface area contributed by atoms with E-state index in [1.165, 1.54) is 0 Å². The van der Waals surface area contributed by atoms with E-state index in [9.17, 15) is 9.59 Å². The molecular weight excluding hydrogens is 232 g/mol. The number of carbonyl (C=O) groups is 2. The predicted octanol–water partition coefficient (Wildman–Crippen LogP) is 1.11. The first kappa shape index (κ1) is 15.0. The number of rotatable bonds is 8. The molecule has 1 saturated carbocycles. The summed E-state index contributed by atoms with van der Waals surface area (Å²) in [7, 11) is 0. The van der Waals surface area contributed by atoms with Crippen LogP contribution in [-0.4, -0.2) is 30.6 Å². The monoisotopic (exact) mass is 256 g/mol. The van der Waals surface area contributed by atoms with Crippen LogP contribution in [0.3, 0.4) is 0 Å². The van der Waals surface area contributed by atoms with Crippen molar-refractivity contribution in [1.29, 1.82) is 0 Å². The Hall–Kier alpha value is -1.10. The number of ether oxygens (including phenoxy) is 1. The minimum Gasteiger partial charge on any atom is -0.462 e. The average molecular weight is 256 g/mol. The van der Waals surface area contributed by atoms with E-state index in [4.69, 9.17) is 10.5 Å². The lowest BCUT2D eigenvalue weighted by molar-refractivity contribution is -0.148. The Balaban J connectivity index is 2.06. The Morgan fingerprint density at radius 2 is 2.06 bits per heavy atom. The van der Waals surface area contributed by atoms with Gasteiger partial charge in [-0.3, -0.25) is 9.59 Å². The zero-order chi connectivity index (χ0) is 13.4. The van der Waals surface area contributed by atoms with Gasteiger partial charge in [0.1, 0.15) is 6.10 Å². The Morgan fingerprint density at radius 3 is 2.61 bits per heavy atom. The lowest BCUT2D eigenvalue weighted by atomic mass is 10.2. The second-order valence-corrected chi connectivity index (χ2v) is 4.82. The maximum atomic E-state index is 11.5. The fourth-order valence-corrected chi connectivity index (χ4v) is 2.21. The third-order valence-electron chi connectivity index (χ3n) is 3.30. The van der Waals surface area contributed by atoms with E-state index >= 15 is 0 Å². The van der Waals surface area contributed by atoms with Crippen LogP contribution in [0.5, 0.6) is 0 Å². The maximum absolute atomic E-state index is 11.5. The summed E-state index contributed by atoms with van der Waals surface area (Å²) in [4.78, 5) is 22.5. The van der Waals surface area contributed by atoms with Crippen molar-refractivity contribution in [2.24, 2.45) is 5.73 Å². The molecule has 0 aromatic carbocycles. The van der Waals surface area contributed by atoms with Crippen LogP contribution in [0, 0.1) is 0 Å². The second-order valence-electron chi connectivity index (χ2n) is 4.82. The van der Waals surface area contributed by atoms with E-state index in [-0.39, 0.29) is 24.0 Å². The lowest BCUT2D eigenvalue weighted by Crippen LogP contribution is -2.41. The van der Waals surface area contributed by atoms with Gasteiger partial charge in [0.05, 0.1) is 6.04 Å². The van der Waals surface area contributed by atoms with E-state index in [1.807, 2.05) is 6.92 Å². The molecule has 0 aromatic rings. The molecule has 1 amide bonds. The van der Waals surface area contributed by atoms with E-state index in [0.717, 1.165) is 25.7 Å². The summed E-state index contributed by atoms with van der Waals surface area (Å²) in [6.45, 7) is 2.51. The molecule has 1 aliphatic carbocycles. The van der Waals surface area contributed by atoms with Crippen molar-refractivity contribution in [2.45, 2.75) is 64.0 Å². The van der Waals surface area contributed by atoms with Crippen molar-refractivity contribution in [3.8, 4) is 0 Å². The van der Waals surface area contributed by atoms with Crippen molar-refractivity contribution < 1.29 is 14.3 Å². The molecule has 0 bridgehead atoms. The van der Waals surface area contributed by atoms with Crippen LogP contribution in [0.4, 0.5) is 0 Å². The highest BCUT2D eigenvalue weighted by atomic mass is 16.5. The Morgan fingerprint density at radius 1 is 1.39 bits per heavy atom. The Kier molecular flexibility index (Phi) is 6.72. The first-order chi connectivity index (χ1) is 8.63. The first-order valence-electron chi connectivity index (χ1n) is 6.85. The molecule has 0 radical (unpaired) electrons. The normalized spacial score (nSPS) is 17.6. The highest BCUT2D eigenvalue weighted by Gasteiger charge is 2.19. The number of primary amides is 1. The van der Waals surface area contributed by atoms with Gasteiger partial charge in [0, 0.05) is 6.42 Å². The van der Waals surface area contributed by atoms with E-state index in [1.54, 1.807) is 0 Å². The molecule has 18 heavy (non-hydrogen) atoms. The average Bonchev–Trinajstić information content (AvgIpc) is 2.81. The quantitative estimate of drug-likeness (QED) is 0.503. The number of hydrogen-bond acceptors (Lipinski definition) is 4. The highest BCUT2D eigenvalue weighted by Crippen LogP contribution is 2.21. The number of carbonyl (C=O) groups excluding carboxylic acids is 2. The van der Waals surface area contributed by atoms with Crippen LogP contribution < -0.4 is 11.1 Å². The standard InChI is InChI=1S/C13H24N2O3/c1-2-11(13(14)17)15-9-5-8-12(16)18-10-6-3-4-7-10/h10-11,15H,2-9H2,1H3,(H2,14,17). The molecule has 0 aliphatic heterocycles. The molecule has 1 atom stereocenters. The van der Waals surface area contributed by atoms with Gasteiger partial charge in [0.2, 0.25) is 5.91 Å². The summed E-state index contributed by atoms with van der Waals surface area (Å²) in [5.41, 5.74) is 5.21. The molecule has 0 aromatic heterocycles. The predicted molar refractivity (Wildman–Crippen MR) is 68.9 cm³/mol. The summed E-state index contributed by atoms with van der Waals surface area (Å²) in [5.74, 6) is -0.471. The second kappa shape index (κ2) is 8.08. The molecule has 0 saturated heterocycles. The minimum atomic E-state index is -0.342. The van der Waals surface area contributed by atoms with Crippen molar-refractivity contribution in [3.63, 3.8) is 0 Å². The fourth-order valence-electron chi connectivity index (χ4n) is 2.21. The minimum absolute atomic E-state index is 0.129. The number of amides is 1. The van der Waals surface area contributed by atoms with Crippen LogP contribution in [0.1, 0.15) is 51.9 Å². The maximum Gasteiger partial charge on any atom is 0.306 e. The Bertz CT molecular complexity index is 275. The molecule has 1 unspecified atom stereocenters. The zero-order valence-corrected chi connectivity index (χ0v) is 11.1. The molecule has 5 nitrogen and oxygen atoms in total. The third-order valence-corrected chi connectivity index (χ3v) is 3.30. The molecule has 104 valence electrons. The summed E-state index contributed by atoms with van der Waals surface area (Å²) in [6, 6.07) is -0.296. The van der Waals surface area contributed by atoms with Gasteiger partial charge >= 0.3 is 5.97 Å². The van der Waals surface area contributed by atoms with Gasteiger partial charge in [-0.05, 0) is 45.1 Å². The smallest absolute Gasteiger partial charge is 0.306 e. The third kappa shape index (κ3) is 5.49. The number of esters is 1. The lowest BCUT2D eigenvalue weighted by Gasteiger charge is -2.13. The van der Waals surface area contributed by atoms with Gasteiger partial charge in [-0.1, -0.05) is 6.92 Å². The largest absolute Gasteiger partial charge is 0.462 e. The summed E-state index contributed by atoms with van der Waals surface area (Å²) < 4.78 is 5.33.